The van der Waals surface area contributed by atoms with Gasteiger partial charge in [0.1, 0.15) is 5.52 Å². The van der Waals surface area contributed by atoms with Crippen molar-refractivity contribution in [1.29, 1.82) is 0 Å². The summed E-state index contributed by atoms with van der Waals surface area (Å²) in [6, 6.07) is 0. The van der Waals surface area contributed by atoms with Gasteiger partial charge in [0.2, 0.25) is 0 Å². The molecule has 3 aromatic heterocycles. The van der Waals surface area contributed by atoms with Gasteiger partial charge in [0.25, 0.3) is 0 Å². The van der Waals surface area contributed by atoms with Crippen LogP contribution in [0.1, 0.15) is 30.8 Å². The van der Waals surface area contributed by atoms with Crippen LogP contribution in [0.3, 0.4) is 0 Å². The lowest BCUT2D eigenvalue weighted by atomic mass is 10.1. The molecule has 0 radical (unpaired) electrons. The average molecular weight is 573 g/mol. The Labute approximate surface area is 168 Å². The van der Waals surface area contributed by atoms with Gasteiger partial charge in [-0.05, 0) is 26.3 Å². The van der Waals surface area contributed by atoms with E-state index in [4.69, 9.17) is 4.98 Å². The standard InChI is InChI=1S/C12H11I2N5S2.C2H6/c1-6-5-18(20-13)12-11(6)16-9(4-15-12)10-7(2)17-19(21-14)8(10)3;1-2/h4-5H,1-3H3;1-2H3. The predicted octanol–water partition coefficient (Wildman–Crippen LogP) is 5.94. The highest BCUT2D eigenvalue weighted by molar-refractivity contribution is 14.2. The third-order valence-electron chi connectivity index (χ3n) is 3.29. The van der Waals surface area contributed by atoms with Gasteiger partial charge >= 0.3 is 0 Å². The number of hydrogen-bond acceptors (Lipinski definition) is 5. The van der Waals surface area contributed by atoms with E-state index in [-0.39, 0.29) is 0 Å². The van der Waals surface area contributed by atoms with E-state index in [1.165, 1.54) is 0 Å². The van der Waals surface area contributed by atoms with E-state index in [0.29, 0.717) is 0 Å². The third-order valence-corrected chi connectivity index (χ3v) is 6.60. The number of halogens is 2. The van der Waals surface area contributed by atoms with Crippen LogP contribution in [-0.2, 0) is 0 Å². The lowest BCUT2D eigenvalue weighted by Gasteiger charge is -2.03. The van der Waals surface area contributed by atoms with Gasteiger partial charge in [-0.2, -0.15) is 9.19 Å². The molecule has 0 fully saturated rings. The van der Waals surface area contributed by atoms with E-state index in [1.54, 1.807) is 18.2 Å². The van der Waals surface area contributed by atoms with Gasteiger partial charge in [-0.3, -0.25) is 3.97 Å². The second-order valence-electron chi connectivity index (χ2n) is 4.62. The van der Waals surface area contributed by atoms with Crippen molar-refractivity contribution in [2.75, 3.05) is 0 Å². The van der Waals surface area contributed by atoms with Gasteiger partial charge in [-0.15, -0.1) is 0 Å². The molecular weight excluding hydrogens is 556 g/mol. The zero-order chi connectivity index (χ0) is 17.1. The highest BCUT2D eigenvalue weighted by Gasteiger charge is 2.17. The quantitative estimate of drug-likeness (QED) is 0.364. The van der Waals surface area contributed by atoms with E-state index < -0.39 is 0 Å². The molecule has 0 N–H and O–H groups in total. The average Bonchev–Trinajstić information content (AvgIpc) is 3.05. The van der Waals surface area contributed by atoms with Crippen LogP contribution in [0.15, 0.2) is 12.4 Å². The van der Waals surface area contributed by atoms with Crippen LogP contribution in [0, 0.1) is 20.8 Å². The predicted molar refractivity (Wildman–Crippen MR) is 118 cm³/mol. The van der Waals surface area contributed by atoms with E-state index in [0.717, 1.165) is 39.4 Å². The van der Waals surface area contributed by atoms with Crippen LogP contribution < -0.4 is 0 Å². The minimum atomic E-state index is 0.883. The molecule has 3 heterocycles. The van der Waals surface area contributed by atoms with Crippen LogP contribution in [0.2, 0.25) is 0 Å². The zero-order valence-corrected chi connectivity index (χ0v) is 19.4. The minimum Gasteiger partial charge on any atom is -0.264 e. The van der Waals surface area contributed by atoms with Gasteiger partial charge in [-0.25, -0.2) is 9.97 Å². The van der Waals surface area contributed by atoms with E-state index >= 15 is 0 Å². The van der Waals surface area contributed by atoms with Gasteiger partial charge in [0, 0.05) is 72.4 Å². The molecule has 0 amide bonds. The molecule has 23 heavy (non-hydrogen) atoms. The molecule has 0 spiro atoms. The number of aryl methyl sites for hydroxylation is 2. The first kappa shape index (κ1) is 19.3. The van der Waals surface area contributed by atoms with Crippen molar-refractivity contribution in [1.82, 2.24) is 23.1 Å². The number of aromatic nitrogens is 5. The van der Waals surface area contributed by atoms with Gasteiger partial charge in [0.05, 0.1) is 23.3 Å². The summed E-state index contributed by atoms with van der Waals surface area (Å²) in [4.78, 5) is 9.41. The van der Waals surface area contributed by atoms with Crippen molar-refractivity contribution in [2.24, 2.45) is 0 Å². The maximum atomic E-state index is 4.82. The molecule has 3 rings (SSSR count). The Morgan fingerprint density at radius 3 is 2.35 bits per heavy atom. The summed E-state index contributed by atoms with van der Waals surface area (Å²) in [6.07, 6.45) is 3.90. The fourth-order valence-corrected chi connectivity index (χ4v) is 5.13. The van der Waals surface area contributed by atoms with E-state index in [9.17, 15) is 0 Å². The van der Waals surface area contributed by atoms with Crippen LogP contribution in [0.25, 0.3) is 22.4 Å². The van der Waals surface area contributed by atoms with E-state index in [1.807, 2.05) is 35.0 Å². The molecule has 0 saturated carbocycles. The molecular formula is C14H17I2N5S2. The largest absolute Gasteiger partial charge is 0.264 e. The number of nitrogens with zero attached hydrogens (tertiary/aromatic N) is 5. The summed E-state index contributed by atoms with van der Waals surface area (Å²) in [5.41, 5.74) is 7.02. The Morgan fingerprint density at radius 1 is 1.09 bits per heavy atom. The summed E-state index contributed by atoms with van der Waals surface area (Å²) < 4.78 is 3.95. The van der Waals surface area contributed by atoms with Gasteiger partial charge in [-0.1, -0.05) is 13.8 Å². The second-order valence-corrected chi connectivity index (χ2v) is 8.00. The van der Waals surface area contributed by atoms with Gasteiger partial charge < -0.3 is 0 Å². The number of fused-ring (bicyclic) bond motifs is 1. The van der Waals surface area contributed by atoms with Crippen LogP contribution >= 0.6 is 60.6 Å². The zero-order valence-electron chi connectivity index (χ0n) is 13.5. The van der Waals surface area contributed by atoms with Crippen LogP contribution in [-0.4, -0.2) is 23.1 Å². The molecule has 0 atom stereocenters. The Bertz CT molecular complexity index is 828. The minimum absolute atomic E-state index is 0.883. The van der Waals surface area contributed by atoms with Crippen molar-refractivity contribution in [3.8, 4) is 11.3 Å². The molecule has 0 saturated heterocycles. The summed E-state index contributed by atoms with van der Waals surface area (Å²) in [5, 5.41) is 4.52. The Kier molecular flexibility index (Phi) is 7.04. The molecule has 0 aromatic carbocycles. The summed E-state index contributed by atoms with van der Waals surface area (Å²) in [5.74, 6) is 0. The first-order valence-electron chi connectivity index (χ1n) is 7.06. The van der Waals surface area contributed by atoms with Crippen LogP contribution in [0.4, 0.5) is 0 Å². The van der Waals surface area contributed by atoms with Crippen molar-refractivity contribution in [3.05, 3.63) is 29.3 Å². The highest BCUT2D eigenvalue weighted by atomic mass is 127. The molecule has 0 bridgehead atoms. The molecule has 0 aliphatic carbocycles. The number of rotatable bonds is 3. The van der Waals surface area contributed by atoms with Crippen molar-refractivity contribution in [3.63, 3.8) is 0 Å². The smallest absolute Gasteiger partial charge is 0.169 e. The molecule has 9 heteroatoms. The SMILES string of the molecule is CC.Cc1nn(SI)c(C)c1-c1cnc2c(n1)c(C)cn2SI. The van der Waals surface area contributed by atoms with Gasteiger partial charge in [0.15, 0.2) is 5.65 Å². The second kappa shape index (κ2) is 8.39. The lowest BCUT2D eigenvalue weighted by Crippen LogP contribution is -1.92. The van der Waals surface area contributed by atoms with E-state index in [2.05, 4.69) is 72.5 Å². The normalized spacial score (nSPS) is 10.7. The first-order valence-corrected chi connectivity index (χ1v) is 13.7. The molecule has 124 valence electrons. The lowest BCUT2D eigenvalue weighted by molar-refractivity contribution is 0.954. The molecule has 5 nitrogen and oxygen atoms in total. The molecule has 0 aliphatic heterocycles. The highest BCUT2D eigenvalue weighted by Crippen LogP contribution is 2.32. The fraction of sp³-hybridized carbons (Fsp3) is 0.357. The topological polar surface area (TPSA) is 48.5 Å². The Morgan fingerprint density at radius 2 is 1.78 bits per heavy atom. The molecule has 0 aliphatic rings. The van der Waals surface area contributed by atoms with Crippen molar-refractivity contribution >= 4 is 71.8 Å². The summed E-state index contributed by atoms with van der Waals surface area (Å²) in [7, 11) is 3.16. The maximum absolute atomic E-state index is 4.82. The van der Waals surface area contributed by atoms with Crippen LogP contribution in [0.5, 0.6) is 0 Å². The van der Waals surface area contributed by atoms with Crippen molar-refractivity contribution in [2.45, 2.75) is 34.6 Å². The molecule has 3 aromatic rings. The number of hydrogen-bond donors (Lipinski definition) is 0. The first-order chi connectivity index (χ1) is 11.1. The van der Waals surface area contributed by atoms with Crippen molar-refractivity contribution < 1.29 is 0 Å². The molecule has 0 unspecified atom stereocenters. The third kappa shape index (κ3) is 3.66. The monoisotopic (exact) mass is 573 g/mol. The summed E-state index contributed by atoms with van der Waals surface area (Å²) >= 11 is 4.48. The Balaban J connectivity index is 0.000000924. The maximum Gasteiger partial charge on any atom is 0.169 e. The fourth-order valence-electron chi connectivity index (χ4n) is 2.34. The Hall–Kier alpha value is -0.0100. The summed E-state index contributed by atoms with van der Waals surface area (Å²) in [6.45, 7) is 10.1.